The van der Waals surface area contributed by atoms with Crippen molar-refractivity contribution in [2.24, 2.45) is 0 Å². The van der Waals surface area contributed by atoms with Gasteiger partial charge in [-0.15, -0.1) is 0 Å². The molecule has 0 bridgehead atoms. The number of hydrogen-bond acceptors (Lipinski definition) is 0. The van der Waals surface area contributed by atoms with Crippen LogP contribution in [-0.2, 0) is 0 Å². The van der Waals surface area contributed by atoms with Crippen molar-refractivity contribution in [1.82, 2.24) is 4.48 Å². The monoisotopic (exact) mass is 512 g/mol. The van der Waals surface area contributed by atoms with Gasteiger partial charge in [-0.3, -0.25) is 0 Å². The molecule has 38 heavy (non-hydrogen) atoms. The van der Waals surface area contributed by atoms with Crippen LogP contribution in [0, 0.1) is 0 Å². The molecule has 0 spiro atoms. The van der Waals surface area contributed by atoms with Crippen molar-refractivity contribution in [2.75, 3.05) is 6.54 Å². The molecule has 0 aliphatic rings. The van der Waals surface area contributed by atoms with E-state index in [2.05, 4.69) is 97.9 Å². The van der Waals surface area contributed by atoms with E-state index in [1.54, 1.807) is 0 Å². The average molecular weight is 513 g/mol. The van der Waals surface area contributed by atoms with Crippen LogP contribution in [0.2, 0.25) is 0 Å². The summed E-state index contributed by atoms with van der Waals surface area (Å²) in [4.78, 5) is 0. The first-order valence-corrected chi connectivity index (χ1v) is 15.9. The standard InChI is InChI=1S/C37H54N/c1-2-3-4-5-6-7-8-9-10-11-12-13-14-15-16-17-27-34-38(35-28-21-18-22-29-35,36-30-23-19-24-31-36)37-32-25-20-26-33-37/h18-26,28-33H,2-17,27,34H2,1H3/q+1. The van der Waals surface area contributed by atoms with Crippen LogP contribution in [0.15, 0.2) is 91.0 Å². The Morgan fingerprint density at radius 1 is 0.342 bits per heavy atom. The summed E-state index contributed by atoms with van der Waals surface area (Å²) >= 11 is 0. The van der Waals surface area contributed by atoms with Gasteiger partial charge in [0.15, 0.2) is 0 Å². The molecule has 0 aliphatic heterocycles. The summed E-state index contributed by atoms with van der Waals surface area (Å²) in [6.07, 6.45) is 24.0. The fourth-order valence-corrected chi connectivity index (χ4v) is 5.96. The molecule has 0 aliphatic carbocycles. The second-order valence-electron chi connectivity index (χ2n) is 11.2. The third-order valence-corrected chi connectivity index (χ3v) is 8.19. The van der Waals surface area contributed by atoms with Crippen LogP contribution >= 0.6 is 0 Å². The molecule has 0 saturated carbocycles. The third-order valence-electron chi connectivity index (χ3n) is 8.19. The second-order valence-corrected chi connectivity index (χ2v) is 11.2. The van der Waals surface area contributed by atoms with Gasteiger partial charge in [0.25, 0.3) is 0 Å². The quantitative estimate of drug-likeness (QED) is 0.0983. The zero-order valence-corrected chi connectivity index (χ0v) is 24.3. The zero-order valence-electron chi connectivity index (χ0n) is 24.3. The van der Waals surface area contributed by atoms with Crippen LogP contribution < -0.4 is 4.48 Å². The Kier molecular flexibility index (Phi) is 14.9. The van der Waals surface area contributed by atoms with E-state index in [0.29, 0.717) is 0 Å². The van der Waals surface area contributed by atoms with Crippen molar-refractivity contribution >= 4 is 17.1 Å². The number of para-hydroxylation sites is 3. The minimum atomic E-state index is 0.793. The van der Waals surface area contributed by atoms with Gasteiger partial charge in [-0.1, -0.05) is 158 Å². The maximum absolute atomic E-state index is 2.30. The first-order chi connectivity index (χ1) is 18.9. The molecular formula is C37H54N+. The molecule has 0 amide bonds. The maximum Gasteiger partial charge on any atom is 0.143 e. The Bertz CT molecular complexity index is 838. The number of hydrogen-bond donors (Lipinski definition) is 0. The van der Waals surface area contributed by atoms with Crippen LogP contribution in [0.25, 0.3) is 0 Å². The van der Waals surface area contributed by atoms with E-state index in [4.69, 9.17) is 0 Å². The van der Waals surface area contributed by atoms with Gasteiger partial charge in [-0.05, 0) is 49.2 Å². The molecule has 3 rings (SSSR count). The van der Waals surface area contributed by atoms with Crippen molar-refractivity contribution in [1.29, 1.82) is 0 Å². The summed E-state index contributed by atoms with van der Waals surface area (Å²) in [5.74, 6) is 0. The summed E-state index contributed by atoms with van der Waals surface area (Å²) in [5, 5.41) is 0. The molecule has 0 fully saturated rings. The van der Waals surface area contributed by atoms with Crippen LogP contribution in [0.4, 0.5) is 17.1 Å². The van der Waals surface area contributed by atoms with Gasteiger partial charge in [0.2, 0.25) is 0 Å². The predicted octanol–water partition coefficient (Wildman–Crippen LogP) is 12.3. The zero-order chi connectivity index (χ0) is 26.6. The van der Waals surface area contributed by atoms with Gasteiger partial charge in [-0.2, -0.15) is 0 Å². The minimum Gasteiger partial charge on any atom is -0.227 e. The van der Waals surface area contributed by atoms with Crippen LogP contribution in [-0.4, -0.2) is 6.54 Å². The summed E-state index contributed by atoms with van der Waals surface area (Å²) < 4.78 is 0.793. The number of unbranched alkanes of at least 4 members (excludes halogenated alkanes) is 16. The molecule has 0 N–H and O–H groups in total. The van der Waals surface area contributed by atoms with E-state index in [-0.39, 0.29) is 0 Å². The first kappa shape index (κ1) is 30.2. The highest BCUT2D eigenvalue weighted by molar-refractivity contribution is 5.70. The summed E-state index contributed by atoms with van der Waals surface area (Å²) in [6.45, 7) is 3.39. The predicted molar refractivity (Wildman–Crippen MR) is 169 cm³/mol. The lowest BCUT2D eigenvalue weighted by atomic mass is 10.0. The molecule has 0 unspecified atom stereocenters. The fourth-order valence-electron chi connectivity index (χ4n) is 5.96. The van der Waals surface area contributed by atoms with E-state index in [1.807, 2.05) is 0 Å². The molecule has 0 heterocycles. The van der Waals surface area contributed by atoms with E-state index in [9.17, 15) is 0 Å². The third kappa shape index (κ3) is 10.1. The van der Waals surface area contributed by atoms with Crippen molar-refractivity contribution < 1.29 is 0 Å². The van der Waals surface area contributed by atoms with E-state index >= 15 is 0 Å². The second kappa shape index (κ2) is 18.8. The molecule has 0 saturated heterocycles. The Morgan fingerprint density at radius 3 is 0.895 bits per heavy atom. The maximum atomic E-state index is 2.30. The number of rotatable bonds is 21. The Labute approximate surface area is 234 Å². The number of quaternary nitrogens is 1. The van der Waals surface area contributed by atoms with Crippen LogP contribution in [0.5, 0.6) is 0 Å². The molecule has 1 heteroatoms. The summed E-state index contributed by atoms with van der Waals surface area (Å²) in [6, 6.07) is 33.3. The van der Waals surface area contributed by atoms with Crippen molar-refractivity contribution in [3.05, 3.63) is 91.0 Å². The minimum absolute atomic E-state index is 0.793. The number of nitrogens with zero attached hydrogens (tertiary/aromatic N) is 1. The summed E-state index contributed by atoms with van der Waals surface area (Å²) in [5.41, 5.74) is 4.05. The van der Waals surface area contributed by atoms with Gasteiger partial charge in [-0.25, -0.2) is 4.48 Å². The number of benzene rings is 3. The topological polar surface area (TPSA) is 0 Å². The highest BCUT2D eigenvalue weighted by atomic mass is 15.4. The molecule has 0 radical (unpaired) electrons. The molecule has 206 valence electrons. The molecule has 3 aromatic rings. The van der Waals surface area contributed by atoms with Gasteiger partial charge in [0.1, 0.15) is 17.1 Å². The van der Waals surface area contributed by atoms with E-state index in [1.165, 1.54) is 126 Å². The molecule has 3 aromatic carbocycles. The lowest BCUT2D eigenvalue weighted by Crippen LogP contribution is -2.39. The molecule has 0 aromatic heterocycles. The van der Waals surface area contributed by atoms with Gasteiger partial charge < -0.3 is 0 Å². The van der Waals surface area contributed by atoms with Crippen LogP contribution in [0.3, 0.4) is 0 Å². The van der Waals surface area contributed by atoms with Gasteiger partial charge in [0.05, 0.1) is 6.54 Å². The highest BCUT2D eigenvalue weighted by Gasteiger charge is 2.35. The van der Waals surface area contributed by atoms with Gasteiger partial charge >= 0.3 is 0 Å². The molecular weight excluding hydrogens is 458 g/mol. The van der Waals surface area contributed by atoms with E-state index in [0.717, 1.165) is 11.0 Å². The lowest BCUT2D eigenvalue weighted by Gasteiger charge is -2.37. The lowest BCUT2D eigenvalue weighted by molar-refractivity contribution is 0.472. The molecule has 1 nitrogen and oxygen atoms in total. The van der Waals surface area contributed by atoms with Crippen LogP contribution in [0.1, 0.15) is 116 Å². The summed E-state index contributed by atoms with van der Waals surface area (Å²) in [7, 11) is 0. The smallest absolute Gasteiger partial charge is 0.143 e. The Hall–Kier alpha value is -2.38. The van der Waals surface area contributed by atoms with Crippen molar-refractivity contribution in [2.45, 2.75) is 116 Å². The SMILES string of the molecule is CCCCCCCCCCCCCCCCCCC[N+](c1ccccc1)(c1ccccc1)c1ccccc1. The normalized spacial score (nSPS) is 11.6. The van der Waals surface area contributed by atoms with E-state index < -0.39 is 0 Å². The Balaban J connectivity index is 1.38. The largest absolute Gasteiger partial charge is 0.227 e. The van der Waals surface area contributed by atoms with Gasteiger partial charge in [0, 0.05) is 0 Å². The fraction of sp³-hybridized carbons (Fsp3) is 0.514. The average Bonchev–Trinajstić information content (AvgIpc) is 2.98. The first-order valence-electron chi connectivity index (χ1n) is 15.9. The Morgan fingerprint density at radius 2 is 0.605 bits per heavy atom. The van der Waals surface area contributed by atoms with Crippen molar-refractivity contribution in [3.8, 4) is 0 Å². The highest BCUT2D eigenvalue weighted by Crippen LogP contribution is 2.43. The molecule has 0 atom stereocenters. The van der Waals surface area contributed by atoms with Crippen molar-refractivity contribution in [3.63, 3.8) is 0 Å².